The Hall–Kier alpha value is -1.79. The minimum atomic E-state index is -0.941. The van der Waals surface area contributed by atoms with E-state index in [-0.39, 0.29) is 18.9 Å². The third kappa shape index (κ3) is 4.84. The van der Waals surface area contributed by atoms with E-state index in [0.29, 0.717) is 30.3 Å². The molecule has 126 valence electrons. The number of carboxylic acid groups (broad SMARTS) is 1. The second kappa shape index (κ2) is 8.17. The number of para-hydroxylation sites is 1. The minimum absolute atomic E-state index is 0.119. The van der Waals surface area contributed by atoms with Crippen molar-refractivity contribution >= 4 is 23.5 Å². The largest absolute Gasteiger partial charge is 0.481 e. The van der Waals surface area contributed by atoms with Crippen molar-refractivity contribution in [2.24, 2.45) is 0 Å². The molecule has 1 amide bonds. The standard InChI is InChI=1S/C16H20ClNO5/c1-2-13(23-14-6-4-3-5-12(14)17)16(21)18-7-8-22-11(10-18)9-15(19)20/h3-6,11,13H,2,7-10H2,1H3,(H,19,20). The third-order valence-electron chi connectivity index (χ3n) is 3.60. The van der Waals surface area contributed by atoms with Crippen molar-refractivity contribution in [1.29, 1.82) is 0 Å². The van der Waals surface area contributed by atoms with E-state index in [0.717, 1.165) is 0 Å². The van der Waals surface area contributed by atoms with Gasteiger partial charge in [0.2, 0.25) is 0 Å². The molecule has 2 atom stereocenters. The molecule has 7 heteroatoms. The molecular formula is C16H20ClNO5. The summed E-state index contributed by atoms with van der Waals surface area (Å²) in [6.07, 6.45) is -0.766. The molecule has 0 saturated carbocycles. The van der Waals surface area contributed by atoms with Gasteiger partial charge in [-0.25, -0.2) is 0 Å². The average Bonchev–Trinajstić information content (AvgIpc) is 2.53. The number of hydrogen-bond donors (Lipinski definition) is 1. The Labute approximate surface area is 139 Å². The molecule has 0 spiro atoms. The van der Waals surface area contributed by atoms with Crippen LogP contribution in [0.1, 0.15) is 19.8 Å². The summed E-state index contributed by atoms with van der Waals surface area (Å²) in [6, 6.07) is 6.99. The van der Waals surface area contributed by atoms with Crippen molar-refractivity contribution in [2.45, 2.75) is 32.0 Å². The van der Waals surface area contributed by atoms with Gasteiger partial charge in [-0.3, -0.25) is 9.59 Å². The fourth-order valence-electron chi connectivity index (χ4n) is 2.44. The predicted molar refractivity (Wildman–Crippen MR) is 84.7 cm³/mol. The molecule has 2 unspecified atom stereocenters. The maximum Gasteiger partial charge on any atom is 0.306 e. The summed E-state index contributed by atoms with van der Waals surface area (Å²) in [5.74, 6) is -0.653. The number of rotatable bonds is 6. The molecule has 2 rings (SSSR count). The van der Waals surface area contributed by atoms with E-state index in [4.69, 9.17) is 26.2 Å². The van der Waals surface area contributed by atoms with Crippen molar-refractivity contribution < 1.29 is 24.2 Å². The van der Waals surface area contributed by atoms with Gasteiger partial charge in [-0.2, -0.15) is 0 Å². The lowest BCUT2D eigenvalue weighted by molar-refractivity contribution is -0.151. The van der Waals surface area contributed by atoms with Crippen LogP contribution in [0.25, 0.3) is 0 Å². The number of carboxylic acids is 1. The highest BCUT2D eigenvalue weighted by Crippen LogP contribution is 2.25. The fraction of sp³-hybridized carbons (Fsp3) is 0.500. The molecule has 1 aliphatic heterocycles. The highest BCUT2D eigenvalue weighted by atomic mass is 35.5. The van der Waals surface area contributed by atoms with E-state index < -0.39 is 18.2 Å². The van der Waals surface area contributed by atoms with E-state index >= 15 is 0 Å². The number of carbonyl (C=O) groups excluding carboxylic acids is 1. The molecular weight excluding hydrogens is 322 g/mol. The molecule has 0 bridgehead atoms. The van der Waals surface area contributed by atoms with Crippen molar-refractivity contribution in [3.8, 4) is 5.75 Å². The Morgan fingerprint density at radius 1 is 1.48 bits per heavy atom. The van der Waals surface area contributed by atoms with Gasteiger partial charge in [0.15, 0.2) is 6.10 Å². The molecule has 1 heterocycles. The molecule has 6 nitrogen and oxygen atoms in total. The van der Waals surface area contributed by atoms with Crippen LogP contribution in [-0.2, 0) is 14.3 Å². The van der Waals surface area contributed by atoms with Gasteiger partial charge in [-0.1, -0.05) is 30.7 Å². The SMILES string of the molecule is CCC(Oc1ccccc1Cl)C(=O)N1CCOC(CC(=O)O)C1. The van der Waals surface area contributed by atoms with Crippen LogP contribution in [0.2, 0.25) is 5.02 Å². The highest BCUT2D eigenvalue weighted by Gasteiger charge is 2.30. The number of aliphatic carboxylic acids is 1. The lowest BCUT2D eigenvalue weighted by atomic mass is 10.1. The zero-order valence-corrected chi connectivity index (χ0v) is 13.7. The Morgan fingerprint density at radius 2 is 2.22 bits per heavy atom. The zero-order valence-electron chi connectivity index (χ0n) is 12.9. The monoisotopic (exact) mass is 341 g/mol. The van der Waals surface area contributed by atoms with Crippen LogP contribution < -0.4 is 4.74 Å². The van der Waals surface area contributed by atoms with Gasteiger partial charge in [0.05, 0.1) is 24.2 Å². The van der Waals surface area contributed by atoms with E-state index in [1.807, 2.05) is 6.92 Å². The lowest BCUT2D eigenvalue weighted by Crippen LogP contribution is -2.50. The van der Waals surface area contributed by atoms with Gasteiger partial charge in [0.25, 0.3) is 5.91 Å². The van der Waals surface area contributed by atoms with Crippen LogP contribution in [0, 0.1) is 0 Å². The maximum atomic E-state index is 12.6. The first-order valence-corrected chi connectivity index (χ1v) is 7.92. The first-order chi connectivity index (χ1) is 11.0. The molecule has 0 aliphatic carbocycles. The number of carbonyl (C=O) groups is 2. The second-order valence-corrected chi connectivity index (χ2v) is 5.73. The van der Waals surface area contributed by atoms with E-state index in [9.17, 15) is 9.59 Å². The summed E-state index contributed by atoms with van der Waals surface area (Å²) in [7, 11) is 0. The summed E-state index contributed by atoms with van der Waals surface area (Å²) >= 11 is 6.06. The Kier molecular flexibility index (Phi) is 6.24. The van der Waals surface area contributed by atoms with Gasteiger partial charge < -0.3 is 19.5 Å². The fourth-order valence-corrected chi connectivity index (χ4v) is 2.62. The molecule has 1 fully saturated rings. The normalized spacial score (nSPS) is 19.2. The topological polar surface area (TPSA) is 76.1 Å². The van der Waals surface area contributed by atoms with Gasteiger partial charge >= 0.3 is 5.97 Å². The molecule has 1 aliphatic rings. The number of morpholine rings is 1. The Morgan fingerprint density at radius 3 is 2.87 bits per heavy atom. The van der Waals surface area contributed by atoms with E-state index in [1.165, 1.54) is 0 Å². The van der Waals surface area contributed by atoms with E-state index in [2.05, 4.69) is 0 Å². The zero-order chi connectivity index (χ0) is 16.8. The lowest BCUT2D eigenvalue weighted by Gasteiger charge is -2.34. The van der Waals surface area contributed by atoms with E-state index in [1.54, 1.807) is 29.2 Å². The Balaban J connectivity index is 2.01. The molecule has 1 aromatic rings. The summed E-state index contributed by atoms with van der Waals surface area (Å²) in [4.78, 5) is 25.0. The molecule has 23 heavy (non-hydrogen) atoms. The Bertz CT molecular complexity index is 565. The number of ether oxygens (including phenoxy) is 2. The molecule has 1 aromatic carbocycles. The van der Waals surface area contributed by atoms with Crippen LogP contribution in [-0.4, -0.2) is 53.8 Å². The molecule has 1 N–H and O–H groups in total. The summed E-state index contributed by atoms with van der Waals surface area (Å²) in [5, 5.41) is 9.30. The number of nitrogens with zero attached hydrogens (tertiary/aromatic N) is 1. The first-order valence-electron chi connectivity index (χ1n) is 7.54. The highest BCUT2D eigenvalue weighted by molar-refractivity contribution is 6.32. The number of halogens is 1. The van der Waals surface area contributed by atoms with Gasteiger partial charge in [0, 0.05) is 13.1 Å². The smallest absolute Gasteiger partial charge is 0.306 e. The summed E-state index contributed by atoms with van der Waals surface area (Å²) in [6.45, 7) is 2.87. The summed E-state index contributed by atoms with van der Waals surface area (Å²) < 4.78 is 11.1. The van der Waals surface area contributed by atoms with Gasteiger partial charge in [-0.15, -0.1) is 0 Å². The molecule has 1 saturated heterocycles. The summed E-state index contributed by atoms with van der Waals surface area (Å²) in [5.41, 5.74) is 0. The van der Waals surface area contributed by atoms with Gasteiger partial charge in [0.1, 0.15) is 5.75 Å². The van der Waals surface area contributed by atoms with Crippen LogP contribution in [0.3, 0.4) is 0 Å². The molecule has 0 radical (unpaired) electrons. The maximum absolute atomic E-state index is 12.6. The predicted octanol–water partition coefficient (Wildman–Crippen LogP) is 2.20. The second-order valence-electron chi connectivity index (χ2n) is 5.32. The molecule has 0 aromatic heterocycles. The van der Waals surface area contributed by atoms with Gasteiger partial charge in [-0.05, 0) is 18.6 Å². The number of benzene rings is 1. The van der Waals surface area contributed by atoms with Crippen molar-refractivity contribution in [3.05, 3.63) is 29.3 Å². The van der Waals surface area contributed by atoms with Crippen molar-refractivity contribution in [2.75, 3.05) is 19.7 Å². The average molecular weight is 342 g/mol. The minimum Gasteiger partial charge on any atom is -0.481 e. The van der Waals surface area contributed by atoms with Crippen molar-refractivity contribution in [1.82, 2.24) is 4.90 Å². The first kappa shape index (κ1) is 17.6. The van der Waals surface area contributed by atoms with Crippen LogP contribution in [0.5, 0.6) is 5.75 Å². The quantitative estimate of drug-likeness (QED) is 0.858. The van der Waals surface area contributed by atoms with Crippen LogP contribution >= 0.6 is 11.6 Å². The van der Waals surface area contributed by atoms with Crippen molar-refractivity contribution in [3.63, 3.8) is 0 Å². The number of amides is 1. The third-order valence-corrected chi connectivity index (χ3v) is 3.92. The number of hydrogen-bond acceptors (Lipinski definition) is 4. The van der Waals surface area contributed by atoms with Crippen LogP contribution in [0.4, 0.5) is 0 Å². The van der Waals surface area contributed by atoms with Crippen LogP contribution in [0.15, 0.2) is 24.3 Å².